The highest BCUT2D eigenvalue weighted by atomic mass is 79.9. The van der Waals surface area contributed by atoms with E-state index in [1.807, 2.05) is 0 Å². The smallest absolute Gasteiger partial charge is 0.296 e. The summed E-state index contributed by atoms with van der Waals surface area (Å²) < 4.78 is 1.59. The Morgan fingerprint density at radius 1 is 1.28 bits per heavy atom. The standard InChI is InChI=1S/C16H23.BrH.Mg/c1-10(2)15-12(4)16(5,6)14-9-11(3)7-8-13(14)15;;/h8-10,12,15H,1-6H3;1H;/q;;+1/p-1. The van der Waals surface area contributed by atoms with Gasteiger partial charge in [0.2, 0.25) is 0 Å². The van der Waals surface area contributed by atoms with E-state index in [1.165, 1.54) is 5.56 Å². The van der Waals surface area contributed by atoms with E-state index >= 15 is 0 Å². The molecule has 0 nitrogen and oxygen atoms in total. The predicted molar refractivity (Wildman–Crippen MR) is 85.3 cm³/mol. The van der Waals surface area contributed by atoms with Crippen LogP contribution in [0.1, 0.15) is 57.2 Å². The zero-order valence-electron chi connectivity index (χ0n) is 12.5. The average molecular weight is 320 g/mol. The third-order valence-electron chi connectivity index (χ3n) is 5.10. The van der Waals surface area contributed by atoms with E-state index in [0.717, 1.165) is 17.8 Å². The van der Waals surface area contributed by atoms with Gasteiger partial charge in [-0.3, -0.25) is 12.9 Å². The largest absolute Gasteiger partial charge is 0.507 e. The van der Waals surface area contributed by atoms with Crippen LogP contribution in [0.4, 0.5) is 0 Å². The molecule has 2 rings (SSSR count). The Morgan fingerprint density at radius 2 is 1.89 bits per heavy atom. The molecule has 1 aromatic carbocycles. The van der Waals surface area contributed by atoms with Gasteiger partial charge < -0.3 is 0 Å². The molecule has 0 aliphatic heterocycles. The molecular weight excluding hydrogens is 296 g/mol. The SMILES string of the molecule is Cc1cc2c(c[c]1[Mg][Br])C(C(C)C)C(C)C2(C)C. The van der Waals surface area contributed by atoms with E-state index in [-0.39, 0.29) is 18.2 Å². The zero-order valence-corrected chi connectivity index (χ0v) is 15.5. The molecule has 0 radical (unpaired) electrons. The summed E-state index contributed by atoms with van der Waals surface area (Å²) in [6.45, 7) is 14.3. The quantitative estimate of drug-likeness (QED) is 0.713. The van der Waals surface area contributed by atoms with Crippen LogP contribution in [0.15, 0.2) is 12.1 Å². The predicted octanol–water partition coefficient (Wildman–Crippen LogP) is 4.30. The van der Waals surface area contributed by atoms with Gasteiger partial charge in [-0.05, 0) is 41.2 Å². The van der Waals surface area contributed by atoms with Crippen molar-refractivity contribution < 1.29 is 0 Å². The van der Waals surface area contributed by atoms with Crippen molar-refractivity contribution in [3.05, 3.63) is 28.8 Å². The summed E-state index contributed by atoms with van der Waals surface area (Å²) >= 11 is 3.51. The first-order valence-corrected chi connectivity index (χ1v) is 11.6. The number of fused-ring (bicyclic) bond motifs is 1. The Balaban J connectivity index is 2.65. The Hall–Kier alpha value is 0.466. The third-order valence-corrected chi connectivity index (χ3v) is 7.96. The van der Waals surface area contributed by atoms with Crippen LogP contribution >= 0.6 is 12.9 Å². The van der Waals surface area contributed by atoms with Crippen molar-refractivity contribution in [2.24, 2.45) is 11.8 Å². The molecule has 1 aliphatic rings. The van der Waals surface area contributed by atoms with Crippen LogP contribution in [-0.4, -0.2) is 18.2 Å². The molecule has 0 aromatic heterocycles. The van der Waals surface area contributed by atoms with E-state index in [1.54, 1.807) is 14.8 Å². The zero-order chi connectivity index (χ0) is 13.7. The molecule has 0 saturated heterocycles. The van der Waals surface area contributed by atoms with E-state index in [2.05, 4.69) is 66.6 Å². The summed E-state index contributed by atoms with van der Waals surface area (Å²) in [6, 6.07) is 4.99. The van der Waals surface area contributed by atoms with Crippen LogP contribution in [0, 0.1) is 18.8 Å². The van der Waals surface area contributed by atoms with Gasteiger partial charge in [0.1, 0.15) is 0 Å². The van der Waals surface area contributed by atoms with Crippen molar-refractivity contribution in [3.8, 4) is 0 Å². The van der Waals surface area contributed by atoms with Gasteiger partial charge >= 0.3 is 18.2 Å². The first-order chi connectivity index (χ1) is 8.30. The maximum absolute atomic E-state index is 3.76. The molecule has 0 fully saturated rings. The summed E-state index contributed by atoms with van der Waals surface area (Å²) in [5.41, 5.74) is 5.04. The summed E-state index contributed by atoms with van der Waals surface area (Å²) in [4.78, 5) is 0. The van der Waals surface area contributed by atoms with Gasteiger partial charge in [0.05, 0.1) is 0 Å². The summed E-state index contributed by atoms with van der Waals surface area (Å²) in [6.07, 6.45) is 0. The van der Waals surface area contributed by atoms with Crippen LogP contribution in [0.2, 0.25) is 0 Å². The second kappa shape index (κ2) is 5.10. The summed E-state index contributed by atoms with van der Waals surface area (Å²) in [7, 11) is 0. The molecule has 1 aliphatic carbocycles. The van der Waals surface area contributed by atoms with E-state index in [4.69, 9.17) is 0 Å². The lowest BCUT2D eigenvalue weighted by Crippen LogP contribution is -2.25. The Kier molecular flexibility index (Phi) is 4.21. The first kappa shape index (κ1) is 14.9. The van der Waals surface area contributed by atoms with Crippen molar-refractivity contribution in [2.45, 2.75) is 52.9 Å². The minimum atomic E-state index is -0.244. The van der Waals surface area contributed by atoms with Gasteiger partial charge in [-0.15, -0.1) is 3.69 Å². The second-order valence-corrected chi connectivity index (χ2v) is 9.49. The summed E-state index contributed by atoms with van der Waals surface area (Å²) in [5, 5.41) is 0. The molecule has 0 N–H and O–H groups in total. The molecule has 0 amide bonds. The Morgan fingerprint density at radius 3 is 2.39 bits per heavy atom. The van der Waals surface area contributed by atoms with Gasteiger partial charge in [0.25, 0.3) is 0 Å². The van der Waals surface area contributed by atoms with E-state index in [0.29, 0.717) is 5.41 Å². The topological polar surface area (TPSA) is 0 Å². The van der Waals surface area contributed by atoms with Crippen LogP contribution < -0.4 is 3.69 Å². The molecule has 0 bridgehead atoms. The number of benzene rings is 1. The number of halogens is 1. The lowest BCUT2D eigenvalue weighted by molar-refractivity contribution is 0.286. The van der Waals surface area contributed by atoms with Crippen LogP contribution in [0.5, 0.6) is 0 Å². The molecule has 2 unspecified atom stereocenters. The van der Waals surface area contributed by atoms with Crippen LogP contribution in [0.3, 0.4) is 0 Å². The van der Waals surface area contributed by atoms with Gasteiger partial charge in [-0.25, -0.2) is 0 Å². The van der Waals surface area contributed by atoms with Crippen molar-refractivity contribution in [3.63, 3.8) is 0 Å². The molecule has 0 saturated carbocycles. The molecule has 18 heavy (non-hydrogen) atoms. The highest BCUT2D eigenvalue weighted by molar-refractivity contribution is 9.23. The summed E-state index contributed by atoms with van der Waals surface area (Å²) in [5.74, 6) is 2.19. The van der Waals surface area contributed by atoms with Gasteiger partial charge in [0.15, 0.2) is 0 Å². The minimum absolute atomic E-state index is 0.244. The number of rotatable bonds is 2. The monoisotopic (exact) mass is 318 g/mol. The van der Waals surface area contributed by atoms with Gasteiger partial charge in [0, 0.05) is 0 Å². The third kappa shape index (κ3) is 2.18. The van der Waals surface area contributed by atoms with Crippen molar-refractivity contribution >= 4 is 34.8 Å². The Labute approximate surface area is 128 Å². The highest BCUT2D eigenvalue weighted by Gasteiger charge is 2.44. The highest BCUT2D eigenvalue weighted by Crippen LogP contribution is 2.52. The number of hydrogen-bond acceptors (Lipinski definition) is 0. The second-order valence-electron chi connectivity index (χ2n) is 6.78. The van der Waals surface area contributed by atoms with E-state index in [9.17, 15) is 0 Å². The molecule has 2 atom stereocenters. The fraction of sp³-hybridized carbons (Fsp3) is 0.625. The van der Waals surface area contributed by atoms with Gasteiger partial charge in [-0.1, -0.05) is 52.3 Å². The molecule has 96 valence electrons. The van der Waals surface area contributed by atoms with Crippen molar-refractivity contribution in [2.75, 3.05) is 0 Å². The molecule has 2 heteroatoms. The lowest BCUT2D eigenvalue weighted by Gasteiger charge is -2.30. The van der Waals surface area contributed by atoms with Crippen molar-refractivity contribution in [1.29, 1.82) is 0 Å². The molecule has 1 aromatic rings. The van der Waals surface area contributed by atoms with Crippen molar-refractivity contribution in [1.82, 2.24) is 0 Å². The molecular formula is C16H23BrMg. The Bertz CT molecular complexity index is 462. The first-order valence-electron chi connectivity index (χ1n) is 7.00. The van der Waals surface area contributed by atoms with Crippen LogP contribution in [-0.2, 0) is 5.41 Å². The maximum Gasteiger partial charge on any atom is 0.507 e. The van der Waals surface area contributed by atoms with Gasteiger partial charge in [-0.2, -0.15) is 0 Å². The maximum atomic E-state index is 3.76. The number of hydrogen-bond donors (Lipinski definition) is 0. The minimum Gasteiger partial charge on any atom is -0.296 e. The van der Waals surface area contributed by atoms with E-state index < -0.39 is 0 Å². The fourth-order valence-corrected chi connectivity index (χ4v) is 6.07. The van der Waals surface area contributed by atoms with Crippen LogP contribution in [0.25, 0.3) is 0 Å². The average Bonchev–Trinajstić information content (AvgIpc) is 2.47. The fourth-order valence-electron chi connectivity index (χ4n) is 3.65. The normalized spacial score (nSPS) is 25.1. The molecule has 0 heterocycles. The lowest BCUT2D eigenvalue weighted by atomic mass is 9.74. The number of aryl methyl sites for hydroxylation is 1. The molecule has 0 spiro atoms.